The van der Waals surface area contributed by atoms with Crippen molar-refractivity contribution in [2.24, 2.45) is 5.73 Å². The quantitative estimate of drug-likeness (QED) is 0.626. The summed E-state index contributed by atoms with van der Waals surface area (Å²) in [4.78, 5) is 10.2. The largest absolute Gasteiger partial charge is 0.329 e. The van der Waals surface area contributed by atoms with Gasteiger partial charge in [0.05, 0.1) is 9.82 Å². The van der Waals surface area contributed by atoms with E-state index in [9.17, 15) is 18.5 Å². The van der Waals surface area contributed by atoms with Gasteiger partial charge in [-0.05, 0) is 39.3 Å². The molecule has 0 fully saturated rings. The van der Waals surface area contributed by atoms with Crippen molar-refractivity contribution in [3.63, 3.8) is 0 Å². The number of sulfonamides is 1. The number of nitrogens with one attached hydrogen (secondary N) is 1. The Bertz CT molecular complexity index is 644. The average molecular weight is 338 g/mol. The normalized spacial score (nSPS) is 11.9. The SMILES string of the molecule is Cc1cc(C)c(S(=O)(=O)NC(C)(C)CN)cc1[N+](=O)[O-].Cl. The molecule has 21 heavy (non-hydrogen) atoms. The van der Waals surface area contributed by atoms with Crippen molar-refractivity contribution in [1.29, 1.82) is 0 Å². The van der Waals surface area contributed by atoms with Crippen LogP contribution < -0.4 is 10.5 Å². The first-order valence-electron chi connectivity index (χ1n) is 6.00. The second-order valence-corrected chi connectivity index (χ2v) is 7.01. The molecule has 3 N–H and O–H groups in total. The van der Waals surface area contributed by atoms with Gasteiger partial charge >= 0.3 is 0 Å². The first-order valence-corrected chi connectivity index (χ1v) is 7.48. The number of nitrogens with two attached hydrogens (primary N) is 1. The van der Waals surface area contributed by atoms with E-state index in [0.29, 0.717) is 11.1 Å². The third-order valence-corrected chi connectivity index (χ3v) is 4.74. The lowest BCUT2D eigenvalue weighted by atomic mass is 10.1. The molecule has 0 aliphatic carbocycles. The molecular weight excluding hydrogens is 318 g/mol. The van der Waals surface area contributed by atoms with Gasteiger partial charge in [-0.3, -0.25) is 10.1 Å². The van der Waals surface area contributed by atoms with Crippen LogP contribution in [0, 0.1) is 24.0 Å². The summed E-state index contributed by atoms with van der Waals surface area (Å²) < 4.78 is 27.1. The average Bonchev–Trinajstić information content (AvgIpc) is 2.26. The second-order valence-electron chi connectivity index (χ2n) is 5.35. The molecule has 0 aromatic heterocycles. The lowest BCUT2D eigenvalue weighted by Crippen LogP contribution is -2.48. The van der Waals surface area contributed by atoms with Crippen LogP contribution in [0.4, 0.5) is 5.69 Å². The zero-order chi connectivity index (χ0) is 15.7. The second kappa shape index (κ2) is 6.69. The summed E-state index contributed by atoms with van der Waals surface area (Å²) in [6.45, 7) is 6.56. The van der Waals surface area contributed by atoms with Gasteiger partial charge in [0.1, 0.15) is 0 Å². The standard InChI is InChI=1S/C12H19N3O4S.ClH/c1-8-5-9(2)11(6-10(8)15(16)17)20(18,19)14-12(3,4)7-13;/h5-6,14H,7,13H2,1-4H3;1H. The monoisotopic (exact) mass is 337 g/mol. The van der Waals surface area contributed by atoms with Gasteiger partial charge in [-0.15, -0.1) is 12.4 Å². The summed E-state index contributed by atoms with van der Waals surface area (Å²) >= 11 is 0. The fraction of sp³-hybridized carbons (Fsp3) is 0.500. The van der Waals surface area contributed by atoms with Crippen LogP contribution in [0.2, 0.25) is 0 Å². The molecule has 0 atom stereocenters. The molecule has 0 unspecified atom stereocenters. The van der Waals surface area contributed by atoms with Crippen molar-refractivity contribution >= 4 is 28.1 Å². The highest BCUT2D eigenvalue weighted by atomic mass is 35.5. The van der Waals surface area contributed by atoms with Gasteiger partial charge in [-0.25, -0.2) is 13.1 Å². The Labute approximate surface area is 130 Å². The third kappa shape index (κ3) is 4.63. The first kappa shape index (κ1) is 19.8. The zero-order valence-corrected chi connectivity index (χ0v) is 14.0. The molecule has 1 aromatic rings. The number of nitro groups is 1. The van der Waals surface area contributed by atoms with Gasteiger partial charge < -0.3 is 5.73 Å². The van der Waals surface area contributed by atoms with E-state index in [2.05, 4.69) is 4.72 Å². The lowest BCUT2D eigenvalue weighted by molar-refractivity contribution is -0.385. The Morgan fingerprint density at radius 3 is 2.24 bits per heavy atom. The molecule has 0 amide bonds. The van der Waals surface area contributed by atoms with Crippen LogP contribution in [-0.2, 0) is 10.0 Å². The molecule has 0 radical (unpaired) electrons. The number of halogens is 1. The fourth-order valence-corrected chi connectivity index (χ4v) is 3.44. The third-order valence-electron chi connectivity index (χ3n) is 2.90. The van der Waals surface area contributed by atoms with Gasteiger partial charge in [0.15, 0.2) is 0 Å². The van der Waals surface area contributed by atoms with Gasteiger partial charge in [0, 0.05) is 23.7 Å². The molecule has 7 nitrogen and oxygen atoms in total. The molecular formula is C12H20ClN3O4S. The summed E-state index contributed by atoms with van der Waals surface area (Å²) in [5.74, 6) is 0. The predicted octanol–water partition coefficient (Wildman–Crippen LogP) is 1.65. The van der Waals surface area contributed by atoms with Gasteiger partial charge in [0.25, 0.3) is 5.69 Å². The van der Waals surface area contributed by atoms with Crippen LogP contribution in [0.15, 0.2) is 17.0 Å². The summed E-state index contributed by atoms with van der Waals surface area (Å²) in [6.07, 6.45) is 0. The first-order chi connectivity index (χ1) is 9.00. The number of nitro benzene ring substituents is 1. The molecule has 0 saturated carbocycles. The molecule has 120 valence electrons. The van der Waals surface area contributed by atoms with Crippen molar-refractivity contribution in [1.82, 2.24) is 4.72 Å². The maximum atomic E-state index is 12.3. The zero-order valence-electron chi connectivity index (χ0n) is 12.3. The van der Waals surface area contributed by atoms with Crippen LogP contribution in [0.5, 0.6) is 0 Å². The molecule has 0 bridgehead atoms. The van der Waals surface area contributed by atoms with Crippen LogP contribution in [0.25, 0.3) is 0 Å². The lowest BCUT2D eigenvalue weighted by Gasteiger charge is -2.24. The number of nitrogens with zero attached hydrogens (tertiary/aromatic N) is 1. The molecule has 0 spiro atoms. The van der Waals surface area contributed by atoms with E-state index in [0.717, 1.165) is 6.07 Å². The highest BCUT2D eigenvalue weighted by Crippen LogP contribution is 2.26. The van der Waals surface area contributed by atoms with Crippen molar-refractivity contribution in [3.8, 4) is 0 Å². The Balaban J connectivity index is 0.00000400. The summed E-state index contributed by atoms with van der Waals surface area (Å²) in [5, 5.41) is 10.9. The Kier molecular flexibility index (Phi) is 6.31. The minimum atomic E-state index is -3.87. The number of aryl methyl sites for hydroxylation is 2. The molecule has 1 rings (SSSR count). The Morgan fingerprint density at radius 2 is 1.81 bits per heavy atom. The van der Waals surface area contributed by atoms with Gasteiger partial charge in [-0.1, -0.05) is 0 Å². The number of rotatable bonds is 5. The molecule has 0 aliphatic rings. The van der Waals surface area contributed by atoms with E-state index in [1.54, 1.807) is 27.7 Å². The highest BCUT2D eigenvalue weighted by molar-refractivity contribution is 7.89. The smallest absolute Gasteiger partial charge is 0.273 e. The van der Waals surface area contributed by atoms with Crippen molar-refractivity contribution in [2.75, 3.05) is 6.54 Å². The predicted molar refractivity (Wildman–Crippen MR) is 83.3 cm³/mol. The topological polar surface area (TPSA) is 115 Å². The van der Waals surface area contributed by atoms with Gasteiger partial charge in [-0.2, -0.15) is 0 Å². The van der Waals surface area contributed by atoms with Crippen LogP contribution in [0.1, 0.15) is 25.0 Å². The van der Waals surface area contributed by atoms with E-state index in [4.69, 9.17) is 5.73 Å². The molecule has 1 aromatic carbocycles. The van der Waals surface area contributed by atoms with E-state index in [1.165, 1.54) is 6.07 Å². The number of hydrogen-bond acceptors (Lipinski definition) is 5. The van der Waals surface area contributed by atoms with Crippen LogP contribution in [-0.4, -0.2) is 25.4 Å². The highest BCUT2D eigenvalue weighted by Gasteiger charge is 2.28. The van der Waals surface area contributed by atoms with Crippen LogP contribution in [0.3, 0.4) is 0 Å². The maximum absolute atomic E-state index is 12.3. The molecule has 9 heteroatoms. The Hall–Kier alpha value is -1.22. The summed E-state index contributed by atoms with van der Waals surface area (Å²) in [5.41, 5.74) is 5.32. The van der Waals surface area contributed by atoms with Crippen molar-refractivity contribution in [3.05, 3.63) is 33.4 Å². The maximum Gasteiger partial charge on any atom is 0.273 e. The van der Waals surface area contributed by atoms with Crippen molar-refractivity contribution < 1.29 is 13.3 Å². The van der Waals surface area contributed by atoms with Crippen molar-refractivity contribution in [2.45, 2.75) is 38.1 Å². The minimum Gasteiger partial charge on any atom is -0.329 e. The van der Waals surface area contributed by atoms with E-state index in [-0.39, 0.29) is 29.5 Å². The summed E-state index contributed by atoms with van der Waals surface area (Å²) in [7, 11) is -3.87. The van der Waals surface area contributed by atoms with E-state index >= 15 is 0 Å². The molecule has 0 heterocycles. The Morgan fingerprint density at radius 1 is 1.29 bits per heavy atom. The minimum absolute atomic E-state index is 0. The molecule has 0 aliphatic heterocycles. The summed E-state index contributed by atoms with van der Waals surface area (Å²) in [6, 6.07) is 2.57. The van der Waals surface area contributed by atoms with Crippen LogP contribution >= 0.6 is 12.4 Å². The number of benzene rings is 1. The fourth-order valence-electron chi connectivity index (χ4n) is 1.77. The molecule has 0 saturated heterocycles. The van der Waals surface area contributed by atoms with E-state index in [1.807, 2.05) is 0 Å². The number of hydrogen-bond donors (Lipinski definition) is 2. The van der Waals surface area contributed by atoms with Gasteiger partial charge in [0.2, 0.25) is 10.0 Å². The van der Waals surface area contributed by atoms with E-state index < -0.39 is 20.5 Å².